The van der Waals surface area contributed by atoms with Crippen LogP contribution in [-0.2, 0) is 4.79 Å². The third-order valence-electron chi connectivity index (χ3n) is 3.04. The van der Waals surface area contributed by atoms with E-state index in [9.17, 15) is 14.0 Å². The summed E-state index contributed by atoms with van der Waals surface area (Å²) in [4.78, 5) is 24.2. The number of halogens is 1. The number of rotatable bonds is 6. The van der Waals surface area contributed by atoms with Crippen molar-refractivity contribution in [2.75, 3.05) is 23.4 Å². The van der Waals surface area contributed by atoms with Crippen molar-refractivity contribution in [3.63, 3.8) is 0 Å². The number of carbonyl (C=O) groups is 2. The van der Waals surface area contributed by atoms with E-state index in [0.717, 1.165) is 4.90 Å². The van der Waals surface area contributed by atoms with Gasteiger partial charge in [-0.15, -0.1) is 11.8 Å². The second-order valence-electron chi connectivity index (χ2n) is 4.89. The van der Waals surface area contributed by atoms with Gasteiger partial charge in [0, 0.05) is 35.5 Å². The van der Waals surface area contributed by atoms with Gasteiger partial charge in [-0.1, -0.05) is 6.07 Å². The number of urea groups is 1. The Hall–Kier alpha value is -2.54. The first kappa shape index (κ1) is 17.8. The maximum Gasteiger partial charge on any atom is 0.318 e. The number of amides is 3. The predicted octanol–water partition coefficient (Wildman–Crippen LogP) is 3.70. The van der Waals surface area contributed by atoms with Crippen molar-refractivity contribution < 1.29 is 14.0 Å². The third-order valence-corrected chi connectivity index (χ3v) is 4.06. The molecule has 0 fully saturated rings. The first-order valence-electron chi connectivity index (χ1n) is 7.34. The largest absolute Gasteiger partial charge is 0.341 e. The van der Waals surface area contributed by atoms with Gasteiger partial charge in [0.05, 0.1) is 0 Å². The van der Waals surface area contributed by atoms with Gasteiger partial charge < -0.3 is 16.0 Å². The summed E-state index contributed by atoms with van der Waals surface area (Å²) in [6.45, 7) is 0. The van der Waals surface area contributed by atoms with Gasteiger partial charge in [-0.3, -0.25) is 4.79 Å². The molecule has 7 heteroatoms. The van der Waals surface area contributed by atoms with Gasteiger partial charge >= 0.3 is 6.03 Å². The van der Waals surface area contributed by atoms with E-state index in [1.165, 1.54) is 30.9 Å². The monoisotopic (exact) mass is 347 g/mol. The van der Waals surface area contributed by atoms with Crippen LogP contribution in [0.3, 0.4) is 0 Å². The van der Waals surface area contributed by atoms with Gasteiger partial charge in [-0.2, -0.15) is 0 Å². The summed E-state index contributed by atoms with van der Waals surface area (Å²) < 4.78 is 12.8. The van der Waals surface area contributed by atoms with Crippen molar-refractivity contribution in [3.8, 4) is 0 Å². The highest BCUT2D eigenvalue weighted by atomic mass is 32.2. The maximum atomic E-state index is 12.8. The maximum absolute atomic E-state index is 12.8. The van der Waals surface area contributed by atoms with E-state index < -0.39 is 0 Å². The SMILES string of the molecule is CNC(=O)Nc1cccc(NC(=O)CCSc2ccc(F)cc2)c1. The number of thioether (sulfide) groups is 1. The molecule has 2 rings (SSSR count). The molecule has 3 amide bonds. The molecule has 0 aliphatic heterocycles. The topological polar surface area (TPSA) is 70.2 Å². The molecule has 2 aromatic carbocycles. The molecule has 0 unspecified atom stereocenters. The van der Waals surface area contributed by atoms with E-state index in [2.05, 4.69) is 16.0 Å². The van der Waals surface area contributed by atoms with Gasteiger partial charge in [0.2, 0.25) is 5.91 Å². The van der Waals surface area contributed by atoms with Crippen LogP contribution in [0.15, 0.2) is 53.4 Å². The lowest BCUT2D eigenvalue weighted by atomic mass is 10.2. The molecular weight excluding hydrogens is 329 g/mol. The van der Waals surface area contributed by atoms with Crippen LogP contribution in [0.1, 0.15) is 6.42 Å². The molecule has 0 saturated heterocycles. The Bertz CT molecular complexity index is 707. The Morgan fingerprint density at radius 2 is 1.71 bits per heavy atom. The minimum Gasteiger partial charge on any atom is -0.341 e. The molecule has 2 aromatic rings. The zero-order chi connectivity index (χ0) is 17.4. The van der Waals surface area contributed by atoms with E-state index >= 15 is 0 Å². The number of hydrogen-bond donors (Lipinski definition) is 3. The summed E-state index contributed by atoms with van der Waals surface area (Å²) in [5.74, 6) is 0.192. The fourth-order valence-electron chi connectivity index (χ4n) is 1.88. The highest BCUT2D eigenvalue weighted by Gasteiger charge is 2.05. The van der Waals surface area contributed by atoms with Gasteiger partial charge in [0.15, 0.2) is 0 Å². The average Bonchev–Trinajstić information content (AvgIpc) is 2.57. The number of carbonyl (C=O) groups excluding carboxylic acids is 2. The van der Waals surface area contributed by atoms with Gasteiger partial charge in [-0.25, -0.2) is 9.18 Å². The fraction of sp³-hybridized carbons (Fsp3) is 0.176. The molecular formula is C17H18FN3O2S. The number of benzene rings is 2. The molecule has 0 aromatic heterocycles. The molecule has 0 heterocycles. The normalized spacial score (nSPS) is 10.1. The molecule has 0 aliphatic rings. The second kappa shape index (κ2) is 8.93. The molecule has 126 valence electrons. The molecule has 0 spiro atoms. The highest BCUT2D eigenvalue weighted by Crippen LogP contribution is 2.20. The molecule has 5 nitrogen and oxygen atoms in total. The Labute approximate surface area is 144 Å². The third kappa shape index (κ3) is 5.92. The van der Waals surface area contributed by atoms with Crippen molar-refractivity contribution in [2.24, 2.45) is 0 Å². The molecule has 0 bridgehead atoms. The Kier molecular flexibility index (Phi) is 6.62. The quantitative estimate of drug-likeness (QED) is 0.698. The lowest BCUT2D eigenvalue weighted by Gasteiger charge is -2.08. The van der Waals surface area contributed by atoms with Crippen LogP contribution in [0.4, 0.5) is 20.6 Å². The van der Waals surface area contributed by atoms with E-state index in [0.29, 0.717) is 23.5 Å². The van der Waals surface area contributed by atoms with Gasteiger partial charge in [0.25, 0.3) is 0 Å². The van der Waals surface area contributed by atoms with Crippen LogP contribution in [-0.4, -0.2) is 24.7 Å². The Balaban J connectivity index is 1.80. The van der Waals surface area contributed by atoms with Crippen molar-refractivity contribution >= 4 is 35.1 Å². The summed E-state index contributed by atoms with van der Waals surface area (Å²) >= 11 is 1.49. The van der Waals surface area contributed by atoms with Crippen LogP contribution < -0.4 is 16.0 Å². The second-order valence-corrected chi connectivity index (χ2v) is 6.05. The van der Waals surface area contributed by atoms with E-state index in [-0.39, 0.29) is 17.8 Å². The molecule has 0 radical (unpaired) electrons. The van der Waals surface area contributed by atoms with Gasteiger partial charge in [-0.05, 0) is 42.5 Å². The van der Waals surface area contributed by atoms with Crippen molar-refractivity contribution in [1.29, 1.82) is 0 Å². The summed E-state index contributed by atoms with van der Waals surface area (Å²) in [7, 11) is 1.53. The zero-order valence-electron chi connectivity index (χ0n) is 13.1. The van der Waals surface area contributed by atoms with Crippen LogP contribution in [0, 0.1) is 5.82 Å². The molecule has 0 saturated carbocycles. The van der Waals surface area contributed by atoms with E-state index in [4.69, 9.17) is 0 Å². The van der Waals surface area contributed by atoms with Gasteiger partial charge in [0.1, 0.15) is 5.82 Å². The minimum atomic E-state index is -0.325. The summed E-state index contributed by atoms with van der Waals surface area (Å²) in [6, 6.07) is 12.7. The molecule has 3 N–H and O–H groups in total. The van der Waals surface area contributed by atoms with Crippen molar-refractivity contribution in [3.05, 3.63) is 54.3 Å². The van der Waals surface area contributed by atoms with E-state index in [1.807, 2.05) is 0 Å². The summed E-state index contributed by atoms with van der Waals surface area (Å²) in [5, 5.41) is 7.88. The first-order valence-corrected chi connectivity index (χ1v) is 8.32. The number of hydrogen-bond acceptors (Lipinski definition) is 3. The first-order chi connectivity index (χ1) is 11.6. The highest BCUT2D eigenvalue weighted by molar-refractivity contribution is 7.99. The Morgan fingerprint density at radius 3 is 2.38 bits per heavy atom. The van der Waals surface area contributed by atoms with Crippen LogP contribution >= 0.6 is 11.8 Å². The van der Waals surface area contributed by atoms with Crippen LogP contribution in [0.5, 0.6) is 0 Å². The van der Waals surface area contributed by atoms with Crippen LogP contribution in [0.2, 0.25) is 0 Å². The molecule has 0 aliphatic carbocycles. The molecule has 24 heavy (non-hydrogen) atoms. The summed E-state index contributed by atoms with van der Waals surface area (Å²) in [6.07, 6.45) is 0.329. The lowest BCUT2D eigenvalue weighted by Crippen LogP contribution is -2.24. The summed E-state index contributed by atoms with van der Waals surface area (Å²) in [5.41, 5.74) is 1.20. The number of anilines is 2. The standard InChI is InChI=1S/C17H18FN3O2S/c1-19-17(23)21-14-4-2-3-13(11-14)20-16(22)9-10-24-15-7-5-12(18)6-8-15/h2-8,11H,9-10H2,1H3,(H,20,22)(H2,19,21,23). The fourth-order valence-corrected chi connectivity index (χ4v) is 2.74. The Morgan fingerprint density at radius 1 is 1.04 bits per heavy atom. The van der Waals surface area contributed by atoms with Crippen molar-refractivity contribution in [1.82, 2.24) is 5.32 Å². The number of nitrogens with one attached hydrogen (secondary N) is 3. The molecule has 0 atom stereocenters. The van der Waals surface area contributed by atoms with Crippen LogP contribution in [0.25, 0.3) is 0 Å². The smallest absolute Gasteiger partial charge is 0.318 e. The minimum absolute atomic E-state index is 0.123. The zero-order valence-corrected chi connectivity index (χ0v) is 14.0. The lowest BCUT2D eigenvalue weighted by molar-refractivity contribution is -0.115. The van der Waals surface area contributed by atoms with E-state index in [1.54, 1.807) is 36.4 Å². The van der Waals surface area contributed by atoms with Crippen molar-refractivity contribution in [2.45, 2.75) is 11.3 Å². The average molecular weight is 347 g/mol. The predicted molar refractivity (Wildman–Crippen MR) is 94.9 cm³/mol.